The molecule has 0 atom stereocenters. The Kier molecular flexibility index (Phi) is 4.66. The number of fused-ring (bicyclic) bond motifs is 2. The molecule has 8 heteroatoms. The van der Waals surface area contributed by atoms with E-state index in [0.29, 0.717) is 30.7 Å². The number of nitrogens with one attached hydrogen (secondary N) is 1. The average Bonchev–Trinajstić information content (AvgIpc) is 3.54. The number of hydrogen-bond acceptors (Lipinski definition) is 8. The van der Waals surface area contributed by atoms with Gasteiger partial charge in [0.05, 0.1) is 11.2 Å². The maximum Gasteiger partial charge on any atom is 0.278 e. The van der Waals surface area contributed by atoms with E-state index in [9.17, 15) is 0 Å². The first kappa shape index (κ1) is 19.1. The minimum absolute atomic E-state index is 0.421. The molecule has 0 aliphatic carbocycles. The maximum atomic E-state index is 5.90. The predicted molar refractivity (Wildman–Crippen MR) is 131 cm³/mol. The highest BCUT2D eigenvalue weighted by molar-refractivity contribution is 7.14. The van der Waals surface area contributed by atoms with E-state index in [4.69, 9.17) is 25.2 Å². The monoisotopic (exact) mass is 458 g/mol. The first-order valence-electron chi connectivity index (χ1n) is 10.1. The number of nitrogens with zero attached hydrogens (tertiary/aromatic N) is 2. The standard InChI is InChI=1S/C24H18N4O2S2/c25-14-5-7-15(8-6-14)26-22-20(19-4-2-12-32-19)16(18-3-1-11-31-18)13-17-21(22)28-24-23(27-17)29-9-10-30-24/h1-8,11-13,26H,9-10,25H2. The van der Waals surface area contributed by atoms with Crippen LogP contribution in [0.25, 0.3) is 31.9 Å². The number of ether oxygens (including phenoxy) is 2. The summed E-state index contributed by atoms with van der Waals surface area (Å²) in [6.45, 7) is 0.924. The molecule has 3 aromatic heterocycles. The Morgan fingerprint density at radius 1 is 0.844 bits per heavy atom. The quantitative estimate of drug-likeness (QED) is 0.313. The Bertz CT molecular complexity index is 1400. The highest BCUT2D eigenvalue weighted by Crippen LogP contribution is 2.46. The zero-order chi connectivity index (χ0) is 21.5. The second-order valence-electron chi connectivity index (χ2n) is 7.27. The topological polar surface area (TPSA) is 82.3 Å². The zero-order valence-corrected chi connectivity index (χ0v) is 18.5. The Morgan fingerprint density at radius 3 is 2.22 bits per heavy atom. The van der Waals surface area contributed by atoms with E-state index in [1.807, 2.05) is 24.3 Å². The second kappa shape index (κ2) is 7.81. The number of nitrogen functional groups attached to an aromatic ring is 1. The number of thiophene rings is 2. The van der Waals surface area contributed by atoms with Crippen molar-refractivity contribution >= 4 is 50.8 Å². The van der Waals surface area contributed by atoms with Crippen molar-refractivity contribution in [2.24, 2.45) is 0 Å². The number of hydrogen-bond donors (Lipinski definition) is 2. The van der Waals surface area contributed by atoms with Crippen molar-refractivity contribution in [2.45, 2.75) is 0 Å². The summed E-state index contributed by atoms with van der Waals surface area (Å²) in [4.78, 5) is 11.9. The summed E-state index contributed by atoms with van der Waals surface area (Å²) in [5.74, 6) is 0.855. The molecule has 3 N–H and O–H groups in total. The van der Waals surface area contributed by atoms with Crippen molar-refractivity contribution in [3.63, 3.8) is 0 Å². The van der Waals surface area contributed by atoms with Crippen LogP contribution >= 0.6 is 22.7 Å². The molecule has 6 rings (SSSR count). The molecule has 1 aliphatic heterocycles. The lowest BCUT2D eigenvalue weighted by molar-refractivity contribution is 0.158. The van der Waals surface area contributed by atoms with Crippen molar-refractivity contribution in [3.05, 3.63) is 65.4 Å². The fraction of sp³-hybridized carbons (Fsp3) is 0.0833. The zero-order valence-electron chi connectivity index (χ0n) is 16.9. The van der Waals surface area contributed by atoms with Crippen LogP contribution in [0.4, 0.5) is 17.1 Å². The third-order valence-corrected chi connectivity index (χ3v) is 6.98. The van der Waals surface area contributed by atoms with E-state index in [2.05, 4.69) is 46.4 Å². The normalized spacial score (nSPS) is 12.8. The highest BCUT2D eigenvalue weighted by atomic mass is 32.1. The van der Waals surface area contributed by atoms with Gasteiger partial charge in [-0.15, -0.1) is 22.7 Å². The molecule has 0 unspecified atom stereocenters. The van der Waals surface area contributed by atoms with Crippen molar-refractivity contribution < 1.29 is 9.47 Å². The van der Waals surface area contributed by atoms with Crippen LogP contribution < -0.4 is 20.5 Å². The van der Waals surface area contributed by atoms with E-state index >= 15 is 0 Å². The Labute approximate surface area is 192 Å². The molecule has 4 heterocycles. The third kappa shape index (κ3) is 3.34. The van der Waals surface area contributed by atoms with Crippen LogP contribution in [0.15, 0.2) is 65.4 Å². The molecular weight excluding hydrogens is 440 g/mol. The number of benzene rings is 2. The molecule has 6 nitrogen and oxygen atoms in total. The Morgan fingerprint density at radius 2 is 1.53 bits per heavy atom. The maximum absolute atomic E-state index is 5.90. The lowest BCUT2D eigenvalue weighted by atomic mass is 9.99. The van der Waals surface area contributed by atoms with Crippen LogP contribution in [-0.2, 0) is 0 Å². The fourth-order valence-electron chi connectivity index (χ4n) is 3.76. The van der Waals surface area contributed by atoms with Gasteiger partial charge in [-0.2, -0.15) is 0 Å². The second-order valence-corrected chi connectivity index (χ2v) is 9.17. The summed E-state index contributed by atoms with van der Waals surface area (Å²) < 4.78 is 11.5. The molecule has 32 heavy (non-hydrogen) atoms. The summed E-state index contributed by atoms with van der Waals surface area (Å²) in [6.07, 6.45) is 0. The van der Waals surface area contributed by atoms with E-state index in [1.165, 1.54) is 0 Å². The van der Waals surface area contributed by atoms with Gasteiger partial charge in [0.25, 0.3) is 11.8 Å². The summed E-state index contributed by atoms with van der Waals surface area (Å²) in [7, 11) is 0. The summed E-state index contributed by atoms with van der Waals surface area (Å²) in [5.41, 5.74) is 12.1. The molecule has 0 amide bonds. The van der Waals surface area contributed by atoms with Gasteiger partial charge in [0.15, 0.2) is 0 Å². The number of aromatic nitrogens is 2. The molecular formula is C24H18N4O2S2. The lowest BCUT2D eigenvalue weighted by Gasteiger charge is -2.21. The van der Waals surface area contributed by atoms with Crippen LogP contribution in [0.5, 0.6) is 11.8 Å². The molecule has 0 saturated heterocycles. The van der Waals surface area contributed by atoms with Crippen molar-refractivity contribution in [3.8, 4) is 32.6 Å². The Hall–Kier alpha value is -3.62. The van der Waals surface area contributed by atoms with E-state index in [0.717, 1.165) is 43.3 Å². The molecule has 0 radical (unpaired) electrons. The van der Waals surface area contributed by atoms with Gasteiger partial charge in [0.1, 0.15) is 18.7 Å². The van der Waals surface area contributed by atoms with Crippen molar-refractivity contribution in [1.29, 1.82) is 0 Å². The largest absolute Gasteiger partial charge is 0.470 e. The van der Waals surface area contributed by atoms with Gasteiger partial charge in [-0.05, 0) is 53.2 Å². The minimum Gasteiger partial charge on any atom is -0.470 e. The summed E-state index contributed by atoms with van der Waals surface area (Å²) >= 11 is 3.39. The minimum atomic E-state index is 0.421. The van der Waals surface area contributed by atoms with E-state index in [-0.39, 0.29) is 0 Å². The number of rotatable bonds is 4. The first-order valence-corrected chi connectivity index (χ1v) is 11.9. The summed E-state index contributed by atoms with van der Waals surface area (Å²) in [5, 5.41) is 7.76. The van der Waals surface area contributed by atoms with Gasteiger partial charge in [0.2, 0.25) is 0 Å². The van der Waals surface area contributed by atoms with Gasteiger partial charge < -0.3 is 20.5 Å². The SMILES string of the molecule is Nc1ccc(Nc2c(-c3cccs3)c(-c3cccs3)cc3nc4c(nc23)OCCO4)cc1. The highest BCUT2D eigenvalue weighted by Gasteiger charge is 2.24. The van der Waals surface area contributed by atoms with E-state index in [1.54, 1.807) is 22.7 Å². The lowest BCUT2D eigenvalue weighted by Crippen LogP contribution is -2.17. The summed E-state index contributed by atoms with van der Waals surface area (Å²) in [6, 6.07) is 18.1. The van der Waals surface area contributed by atoms with Crippen molar-refractivity contribution in [2.75, 3.05) is 24.3 Å². The number of nitrogens with two attached hydrogens (primary N) is 1. The van der Waals surface area contributed by atoms with Gasteiger partial charge in [-0.3, -0.25) is 0 Å². The first-order chi connectivity index (χ1) is 15.8. The van der Waals surface area contributed by atoms with Crippen LogP contribution in [-0.4, -0.2) is 23.2 Å². The van der Waals surface area contributed by atoms with Gasteiger partial charge in [-0.1, -0.05) is 12.1 Å². The van der Waals surface area contributed by atoms with E-state index < -0.39 is 0 Å². The Balaban J connectivity index is 1.67. The predicted octanol–water partition coefficient (Wildman–Crippen LogP) is 6.18. The molecule has 0 saturated carbocycles. The molecule has 0 bridgehead atoms. The fourth-order valence-corrected chi connectivity index (χ4v) is 5.30. The molecule has 0 fully saturated rings. The number of anilines is 3. The third-order valence-electron chi connectivity index (χ3n) is 5.19. The molecule has 158 valence electrons. The van der Waals surface area contributed by atoms with Crippen LogP contribution in [0, 0.1) is 0 Å². The van der Waals surface area contributed by atoms with Crippen LogP contribution in [0.2, 0.25) is 0 Å². The smallest absolute Gasteiger partial charge is 0.278 e. The molecule has 1 aliphatic rings. The van der Waals surface area contributed by atoms with Gasteiger partial charge in [0, 0.05) is 32.3 Å². The van der Waals surface area contributed by atoms with Crippen LogP contribution in [0.3, 0.4) is 0 Å². The van der Waals surface area contributed by atoms with Gasteiger partial charge >= 0.3 is 0 Å². The molecule has 0 spiro atoms. The van der Waals surface area contributed by atoms with Gasteiger partial charge in [-0.25, -0.2) is 9.97 Å². The van der Waals surface area contributed by atoms with Crippen molar-refractivity contribution in [1.82, 2.24) is 9.97 Å². The molecule has 2 aromatic carbocycles. The average molecular weight is 459 g/mol. The van der Waals surface area contributed by atoms with Crippen LogP contribution in [0.1, 0.15) is 0 Å². The molecule has 5 aromatic rings.